The maximum atomic E-state index is 12.1. The Morgan fingerprint density at radius 2 is 1.85 bits per heavy atom. The van der Waals surface area contributed by atoms with E-state index in [0.717, 1.165) is 16.9 Å². The molecular formula is C21H22N2O4. The lowest BCUT2D eigenvalue weighted by Gasteiger charge is -2.10. The summed E-state index contributed by atoms with van der Waals surface area (Å²) < 4.78 is 16.0. The smallest absolute Gasteiger partial charge is 0.319 e. The monoisotopic (exact) mass is 366 g/mol. The fraction of sp³-hybridized carbons (Fsp3) is 0.190. The van der Waals surface area contributed by atoms with Crippen LogP contribution >= 0.6 is 0 Å². The van der Waals surface area contributed by atoms with Gasteiger partial charge in [0.05, 0.1) is 20.0 Å². The summed E-state index contributed by atoms with van der Waals surface area (Å²) in [5.74, 6) is 1.48. The van der Waals surface area contributed by atoms with Crippen LogP contribution in [0.3, 0.4) is 0 Å². The summed E-state index contributed by atoms with van der Waals surface area (Å²) >= 11 is 0. The van der Waals surface area contributed by atoms with E-state index in [1.165, 1.54) is 0 Å². The highest BCUT2D eigenvalue weighted by Crippen LogP contribution is 2.16. The van der Waals surface area contributed by atoms with E-state index in [1.807, 2.05) is 48.5 Å². The number of furan rings is 1. The maximum absolute atomic E-state index is 12.1. The lowest BCUT2D eigenvalue weighted by atomic mass is 10.1. The second-order valence-electron chi connectivity index (χ2n) is 5.93. The topological polar surface area (TPSA) is 72.7 Å². The first-order valence-electron chi connectivity index (χ1n) is 8.60. The van der Waals surface area contributed by atoms with Gasteiger partial charge in [-0.1, -0.05) is 30.3 Å². The molecule has 0 bridgehead atoms. The van der Waals surface area contributed by atoms with Crippen molar-refractivity contribution < 1.29 is 18.7 Å². The van der Waals surface area contributed by atoms with E-state index < -0.39 is 0 Å². The average Bonchev–Trinajstić information content (AvgIpc) is 3.20. The van der Waals surface area contributed by atoms with Crippen LogP contribution in [0.1, 0.15) is 16.9 Å². The summed E-state index contributed by atoms with van der Waals surface area (Å²) in [5.41, 5.74) is 2.70. The van der Waals surface area contributed by atoms with Crippen molar-refractivity contribution in [2.45, 2.75) is 19.8 Å². The molecule has 2 N–H and O–H groups in total. The van der Waals surface area contributed by atoms with E-state index >= 15 is 0 Å². The van der Waals surface area contributed by atoms with Crippen molar-refractivity contribution in [3.05, 3.63) is 83.8 Å². The first-order chi connectivity index (χ1) is 13.2. The van der Waals surface area contributed by atoms with Crippen molar-refractivity contribution in [2.75, 3.05) is 12.4 Å². The zero-order valence-corrected chi connectivity index (χ0v) is 15.1. The molecule has 0 aliphatic rings. The van der Waals surface area contributed by atoms with Gasteiger partial charge >= 0.3 is 6.03 Å². The predicted molar refractivity (Wildman–Crippen MR) is 102 cm³/mol. The number of benzene rings is 2. The van der Waals surface area contributed by atoms with Gasteiger partial charge in [-0.15, -0.1) is 0 Å². The van der Waals surface area contributed by atoms with Gasteiger partial charge in [-0.25, -0.2) is 4.79 Å². The van der Waals surface area contributed by atoms with E-state index in [2.05, 4.69) is 10.6 Å². The van der Waals surface area contributed by atoms with Gasteiger partial charge in [0.25, 0.3) is 0 Å². The van der Waals surface area contributed by atoms with Crippen molar-refractivity contribution in [1.82, 2.24) is 5.32 Å². The number of anilines is 1. The second kappa shape index (κ2) is 9.45. The molecule has 0 unspecified atom stereocenters. The molecule has 2 amide bonds. The molecule has 0 atom stereocenters. The third-order valence-corrected chi connectivity index (χ3v) is 3.87. The Labute approximate surface area is 158 Å². The molecule has 0 saturated heterocycles. The standard InChI is InChI=1S/C21H22N2O4/c1-25-19-8-3-7-18(12-19)23-21(24)22-13-16-5-2-6-17(11-16)14-26-15-20-9-4-10-27-20/h2-12H,13-15H2,1H3,(H2,22,23,24). The largest absolute Gasteiger partial charge is 0.497 e. The average molecular weight is 366 g/mol. The van der Waals surface area contributed by atoms with Crippen LogP contribution in [0.15, 0.2) is 71.3 Å². The number of urea groups is 1. The Morgan fingerprint density at radius 1 is 1.00 bits per heavy atom. The minimum Gasteiger partial charge on any atom is -0.497 e. The normalized spacial score (nSPS) is 10.4. The minimum atomic E-state index is -0.275. The molecule has 3 aromatic rings. The number of amides is 2. The first kappa shape index (κ1) is 18.5. The SMILES string of the molecule is COc1cccc(NC(=O)NCc2cccc(COCc3ccco3)c2)c1. The summed E-state index contributed by atoms with van der Waals surface area (Å²) in [6.07, 6.45) is 1.63. The van der Waals surface area contributed by atoms with E-state index in [-0.39, 0.29) is 6.03 Å². The van der Waals surface area contributed by atoms with Crippen LogP contribution in [0.5, 0.6) is 5.75 Å². The van der Waals surface area contributed by atoms with E-state index in [1.54, 1.807) is 25.5 Å². The van der Waals surface area contributed by atoms with Crippen molar-refractivity contribution in [1.29, 1.82) is 0 Å². The summed E-state index contributed by atoms with van der Waals surface area (Å²) in [7, 11) is 1.59. The Hall–Kier alpha value is -3.25. The Morgan fingerprint density at radius 3 is 2.67 bits per heavy atom. The number of hydrogen-bond acceptors (Lipinski definition) is 4. The van der Waals surface area contributed by atoms with Crippen LogP contribution in [0, 0.1) is 0 Å². The molecule has 27 heavy (non-hydrogen) atoms. The molecule has 0 radical (unpaired) electrons. The van der Waals surface area contributed by atoms with Gasteiger partial charge in [-0.2, -0.15) is 0 Å². The van der Waals surface area contributed by atoms with Crippen LogP contribution in [0.4, 0.5) is 10.5 Å². The number of carbonyl (C=O) groups is 1. The molecule has 6 nitrogen and oxygen atoms in total. The molecule has 0 aliphatic heterocycles. The first-order valence-corrected chi connectivity index (χ1v) is 8.60. The zero-order valence-electron chi connectivity index (χ0n) is 15.1. The molecule has 2 aromatic carbocycles. The maximum Gasteiger partial charge on any atom is 0.319 e. The van der Waals surface area contributed by atoms with Crippen LogP contribution in [0.2, 0.25) is 0 Å². The van der Waals surface area contributed by atoms with Crippen molar-refractivity contribution in [3.8, 4) is 5.75 Å². The lowest BCUT2D eigenvalue weighted by molar-refractivity contribution is 0.0929. The summed E-state index contributed by atoms with van der Waals surface area (Å²) in [5, 5.41) is 5.63. The van der Waals surface area contributed by atoms with Crippen LogP contribution in [-0.4, -0.2) is 13.1 Å². The third-order valence-electron chi connectivity index (χ3n) is 3.87. The van der Waals surface area contributed by atoms with Gasteiger partial charge < -0.3 is 24.5 Å². The van der Waals surface area contributed by atoms with Gasteiger partial charge in [-0.3, -0.25) is 0 Å². The Bertz CT molecular complexity index is 862. The molecule has 1 heterocycles. The predicted octanol–water partition coefficient (Wildman–Crippen LogP) is 4.33. The Balaban J connectivity index is 1.46. The third kappa shape index (κ3) is 5.90. The molecule has 0 fully saturated rings. The lowest BCUT2D eigenvalue weighted by Crippen LogP contribution is -2.28. The van der Waals surface area contributed by atoms with Gasteiger partial charge in [0.1, 0.15) is 18.1 Å². The second-order valence-corrected chi connectivity index (χ2v) is 5.93. The number of carbonyl (C=O) groups excluding carboxylic acids is 1. The van der Waals surface area contributed by atoms with Crippen LogP contribution < -0.4 is 15.4 Å². The molecule has 140 valence electrons. The van der Waals surface area contributed by atoms with Crippen molar-refractivity contribution >= 4 is 11.7 Å². The quantitative estimate of drug-likeness (QED) is 0.622. The van der Waals surface area contributed by atoms with Crippen molar-refractivity contribution in [3.63, 3.8) is 0 Å². The number of hydrogen-bond donors (Lipinski definition) is 2. The van der Waals surface area contributed by atoms with E-state index in [0.29, 0.717) is 31.2 Å². The molecule has 6 heteroatoms. The van der Waals surface area contributed by atoms with Gasteiger partial charge in [-0.05, 0) is 35.4 Å². The summed E-state index contributed by atoms with van der Waals surface area (Å²) in [6.45, 7) is 1.32. The zero-order chi connectivity index (χ0) is 18.9. The molecule has 0 spiro atoms. The Kier molecular flexibility index (Phi) is 6.49. The van der Waals surface area contributed by atoms with Gasteiger partial charge in [0.2, 0.25) is 0 Å². The molecule has 3 rings (SSSR count). The molecule has 1 aromatic heterocycles. The minimum absolute atomic E-state index is 0.275. The van der Waals surface area contributed by atoms with Crippen LogP contribution in [0.25, 0.3) is 0 Å². The highest BCUT2D eigenvalue weighted by atomic mass is 16.5. The molecule has 0 aliphatic carbocycles. The number of ether oxygens (including phenoxy) is 2. The van der Waals surface area contributed by atoms with Gasteiger partial charge in [0, 0.05) is 18.3 Å². The van der Waals surface area contributed by atoms with E-state index in [9.17, 15) is 4.79 Å². The van der Waals surface area contributed by atoms with E-state index in [4.69, 9.17) is 13.9 Å². The highest BCUT2D eigenvalue weighted by molar-refractivity contribution is 5.89. The van der Waals surface area contributed by atoms with Crippen LogP contribution in [-0.2, 0) is 24.5 Å². The number of nitrogens with one attached hydrogen (secondary N) is 2. The number of methoxy groups -OCH3 is 1. The van der Waals surface area contributed by atoms with Crippen molar-refractivity contribution in [2.24, 2.45) is 0 Å². The molecular weight excluding hydrogens is 344 g/mol. The summed E-state index contributed by atoms with van der Waals surface area (Å²) in [6, 6.07) is 18.5. The molecule has 0 saturated carbocycles. The van der Waals surface area contributed by atoms with Gasteiger partial charge in [0.15, 0.2) is 0 Å². The fourth-order valence-corrected chi connectivity index (χ4v) is 2.55. The fourth-order valence-electron chi connectivity index (χ4n) is 2.55. The highest BCUT2D eigenvalue weighted by Gasteiger charge is 2.04. The number of rotatable bonds is 8. The summed E-state index contributed by atoms with van der Waals surface area (Å²) in [4.78, 5) is 12.1.